The lowest BCUT2D eigenvalue weighted by atomic mass is 9.99. The Morgan fingerprint density at radius 1 is 0.750 bits per heavy atom. The summed E-state index contributed by atoms with van der Waals surface area (Å²) in [6, 6.07) is 23.6. The Hall–Kier alpha value is -2.79. The maximum absolute atomic E-state index is 11.8. The average molecular weight is 337 g/mol. The Balaban J connectivity index is 1.75. The highest BCUT2D eigenvalue weighted by molar-refractivity contribution is 7.92. The summed E-state index contributed by atoms with van der Waals surface area (Å²) in [6.07, 6.45) is 0. The zero-order valence-corrected chi connectivity index (χ0v) is 13.6. The molecule has 0 radical (unpaired) electrons. The van der Waals surface area contributed by atoms with Crippen LogP contribution in [0.5, 0.6) is 5.75 Å². The molecular formula is C19H15NO3S. The zero-order chi connectivity index (χ0) is 16.6. The molecule has 1 aliphatic heterocycles. The maximum Gasteiger partial charge on any atom is 0.268 e. The molecule has 0 unspecified atom stereocenters. The summed E-state index contributed by atoms with van der Waals surface area (Å²) in [5.41, 5.74) is 4.48. The fourth-order valence-electron chi connectivity index (χ4n) is 2.80. The molecule has 0 saturated heterocycles. The number of nitrogens with one attached hydrogen (secondary N) is 1. The molecule has 4 nitrogen and oxygen atoms in total. The first kappa shape index (κ1) is 14.8. The van der Waals surface area contributed by atoms with Gasteiger partial charge in [0.1, 0.15) is 5.75 Å². The van der Waals surface area contributed by atoms with Crippen molar-refractivity contribution in [2.24, 2.45) is 0 Å². The van der Waals surface area contributed by atoms with Crippen molar-refractivity contribution in [1.29, 1.82) is 0 Å². The summed E-state index contributed by atoms with van der Waals surface area (Å²) < 4.78 is 31.5. The van der Waals surface area contributed by atoms with E-state index in [1.165, 1.54) is 0 Å². The molecule has 1 heterocycles. The van der Waals surface area contributed by atoms with Crippen molar-refractivity contribution in [2.75, 3.05) is 10.7 Å². The molecule has 120 valence electrons. The van der Waals surface area contributed by atoms with Gasteiger partial charge in [-0.25, -0.2) is 8.42 Å². The molecule has 4 rings (SSSR count). The SMILES string of the molecule is O=S1(=O)COc2cccc(-c3ccc(-c4ccccc4)cc3)c2N1. The van der Waals surface area contributed by atoms with Crippen molar-refractivity contribution in [3.8, 4) is 28.0 Å². The van der Waals surface area contributed by atoms with Crippen molar-refractivity contribution in [2.45, 2.75) is 0 Å². The van der Waals surface area contributed by atoms with Gasteiger partial charge in [0.15, 0.2) is 0 Å². The third kappa shape index (κ3) is 2.74. The van der Waals surface area contributed by atoms with Gasteiger partial charge in [-0.1, -0.05) is 66.7 Å². The predicted molar refractivity (Wildman–Crippen MR) is 95.4 cm³/mol. The van der Waals surface area contributed by atoms with E-state index >= 15 is 0 Å². The van der Waals surface area contributed by atoms with Crippen LogP contribution in [0.4, 0.5) is 5.69 Å². The topological polar surface area (TPSA) is 55.4 Å². The van der Waals surface area contributed by atoms with Crippen molar-refractivity contribution in [1.82, 2.24) is 0 Å². The first-order valence-corrected chi connectivity index (χ1v) is 9.20. The van der Waals surface area contributed by atoms with E-state index in [0.29, 0.717) is 11.4 Å². The van der Waals surface area contributed by atoms with Gasteiger partial charge in [-0.15, -0.1) is 0 Å². The minimum atomic E-state index is -3.45. The van der Waals surface area contributed by atoms with E-state index in [1.807, 2.05) is 54.6 Å². The van der Waals surface area contributed by atoms with Crippen LogP contribution in [0.2, 0.25) is 0 Å². The van der Waals surface area contributed by atoms with Gasteiger partial charge >= 0.3 is 0 Å². The second-order valence-corrected chi connectivity index (χ2v) is 7.27. The van der Waals surface area contributed by atoms with Gasteiger partial charge in [-0.05, 0) is 22.8 Å². The molecule has 5 heteroatoms. The Morgan fingerprint density at radius 2 is 1.42 bits per heavy atom. The molecule has 0 atom stereocenters. The summed E-state index contributed by atoms with van der Waals surface area (Å²) in [7, 11) is -3.45. The van der Waals surface area contributed by atoms with Gasteiger partial charge in [0.05, 0.1) is 5.69 Å². The average Bonchev–Trinajstić information content (AvgIpc) is 2.61. The van der Waals surface area contributed by atoms with Gasteiger partial charge < -0.3 is 4.74 Å². The Morgan fingerprint density at radius 3 is 2.17 bits per heavy atom. The third-order valence-electron chi connectivity index (χ3n) is 3.96. The van der Waals surface area contributed by atoms with Crippen LogP contribution in [-0.2, 0) is 10.0 Å². The van der Waals surface area contributed by atoms with Crippen molar-refractivity contribution in [3.63, 3.8) is 0 Å². The van der Waals surface area contributed by atoms with Crippen LogP contribution >= 0.6 is 0 Å². The second kappa shape index (κ2) is 5.69. The molecule has 0 bridgehead atoms. The second-order valence-electron chi connectivity index (χ2n) is 5.60. The summed E-state index contributed by atoms with van der Waals surface area (Å²) in [6.45, 7) is 0. The largest absolute Gasteiger partial charge is 0.474 e. The van der Waals surface area contributed by atoms with E-state index in [0.717, 1.165) is 22.3 Å². The number of sulfonamides is 1. The molecule has 24 heavy (non-hydrogen) atoms. The molecule has 3 aromatic rings. The monoisotopic (exact) mass is 337 g/mol. The standard InChI is InChI=1S/C19H15NO3S/c21-24(22)13-23-18-8-4-7-17(19(18)20-24)16-11-9-15(10-12-16)14-5-2-1-3-6-14/h1-12,20H,13H2. The molecule has 0 saturated carbocycles. The number of fused-ring (bicyclic) bond motifs is 1. The van der Waals surface area contributed by atoms with Crippen LogP contribution in [0.1, 0.15) is 0 Å². The highest BCUT2D eigenvalue weighted by Gasteiger charge is 2.24. The lowest BCUT2D eigenvalue weighted by molar-refractivity contribution is 0.374. The number of ether oxygens (including phenoxy) is 1. The van der Waals surface area contributed by atoms with Gasteiger partial charge in [-0.3, -0.25) is 4.72 Å². The van der Waals surface area contributed by atoms with Crippen molar-refractivity contribution in [3.05, 3.63) is 72.8 Å². The molecule has 3 aromatic carbocycles. The highest BCUT2D eigenvalue weighted by atomic mass is 32.2. The Labute approximate surface area is 140 Å². The van der Waals surface area contributed by atoms with E-state index < -0.39 is 10.0 Å². The molecule has 0 aliphatic carbocycles. The fraction of sp³-hybridized carbons (Fsp3) is 0.0526. The van der Waals surface area contributed by atoms with E-state index in [-0.39, 0.29) is 5.94 Å². The summed E-state index contributed by atoms with van der Waals surface area (Å²) in [4.78, 5) is 0. The minimum Gasteiger partial charge on any atom is -0.474 e. The molecule has 1 aliphatic rings. The summed E-state index contributed by atoms with van der Waals surface area (Å²) in [5.74, 6) is 0.200. The fourth-order valence-corrected chi connectivity index (χ4v) is 3.66. The lowest BCUT2D eigenvalue weighted by Crippen LogP contribution is -2.25. The number of hydrogen-bond acceptors (Lipinski definition) is 3. The predicted octanol–water partition coefficient (Wildman–Crippen LogP) is 4.11. The maximum atomic E-state index is 11.8. The Bertz CT molecular complexity index is 981. The van der Waals surface area contributed by atoms with Gasteiger partial charge in [0.25, 0.3) is 10.0 Å². The first-order chi connectivity index (χ1) is 11.6. The minimum absolute atomic E-state index is 0.351. The molecule has 0 fully saturated rings. The van der Waals surface area contributed by atoms with Crippen LogP contribution in [-0.4, -0.2) is 14.4 Å². The quantitative estimate of drug-likeness (QED) is 0.765. The van der Waals surface area contributed by atoms with E-state index in [9.17, 15) is 8.42 Å². The normalized spacial score (nSPS) is 15.0. The van der Waals surface area contributed by atoms with Gasteiger partial charge in [0, 0.05) is 5.56 Å². The summed E-state index contributed by atoms with van der Waals surface area (Å²) in [5, 5.41) is 0. The zero-order valence-electron chi connectivity index (χ0n) is 12.8. The third-order valence-corrected chi connectivity index (χ3v) is 4.90. The van der Waals surface area contributed by atoms with Gasteiger partial charge in [0.2, 0.25) is 5.94 Å². The van der Waals surface area contributed by atoms with Crippen LogP contribution in [0.3, 0.4) is 0 Å². The van der Waals surface area contributed by atoms with E-state index in [2.05, 4.69) is 16.9 Å². The first-order valence-electron chi connectivity index (χ1n) is 7.54. The molecular weight excluding hydrogens is 322 g/mol. The Kier molecular flexibility index (Phi) is 3.50. The molecule has 0 spiro atoms. The highest BCUT2D eigenvalue weighted by Crippen LogP contribution is 2.39. The number of para-hydroxylation sites is 1. The van der Waals surface area contributed by atoms with Crippen LogP contribution in [0, 0.1) is 0 Å². The molecule has 0 aromatic heterocycles. The molecule has 0 amide bonds. The van der Waals surface area contributed by atoms with Gasteiger partial charge in [-0.2, -0.15) is 0 Å². The van der Waals surface area contributed by atoms with E-state index in [4.69, 9.17) is 4.74 Å². The van der Waals surface area contributed by atoms with Crippen LogP contribution in [0.15, 0.2) is 72.8 Å². The number of hydrogen-bond donors (Lipinski definition) is 1. The smallest absolute Gasteiger partial charge is 0.268 e. The lowest BCUT2D eigenvalue weighted by Gasteiger charge is -2.22. The van der Waals surface area contributed by atoms with Crippen molar-refractivity contribution >= 4 is 15.7 Å². The number of rotatable bonds is 2. The number of anilines is 1. The summed E-state index contributed by atoms with van der Waals surface area (Å²) >= 11 is 0. The van der Waals surface area contributed by atoms with Crippen molar-refractivity contribution < 1.29 is 13.2 Å². The van der Waals surface area contributed by atoms with Crippen LogP contribution < -0.4 is 9.46 Å². The van der Waals surface area contributed by atoms with E-state index in [1.54, 1.807) is 6.07 Å². The number of benzene rings is 3. The molecule has 1 N–H and O–H groups in total. The van der Waals surface area contributed by atoms with Crippen LogP contribution in [0.25, 0.3) is 22.3 Å².